The number of piperidine rings is 1. The number of hydrogen-bond acceptors (Lipinski definition) is 5. The first-order valence-corrected chi connectivity index (χ1v) is 9.05. The van der Waals surface area contributed by atoms with Gasteiger partial charge in [0.05, 0.1) is 11.3 Å². The molecule has 6 nitrogen and oxygen atoms in total. The Bertz CT molecular complexity index is 984. The fourth-order valence-corrected chi connectivity index (χ4v) is 3.56. The molecule has 1 fully saturated rings. The third kappa shape index (κ3) is 3.37. The lowest BCUT2D eigenvalue weighted by atomic mass is 9.96. The van der Waals surface area contributed by atoms with Gasteiger partial charge in [0.2, 0.25) is 11.6 Å². The van der Waals surface area contributed by atoms with Gasteiger partial charge in [0.25, 0.3) is 0 Å². The molecule has 0 radical (unpaired) electrons. The van der Waals surface area contributed by atoms with Gasteiger partial charge in [-0.05, 0) is 51.0 Å². The largest absolute Gasteiger partial charge is 0.443 e. The molecule has 0 spiro atoms. The van der Waals surface area contributed by atoms with E-state index in [0.29, 0.717) is 17.9 Å². The summed E-state index contributed by atoms with van der Waals surface area (Å²) in [6, 6.07) is 5.81. The van der Waals surface area contributed by atoms with Gasteiger partial charge in [-0.1, -0.05) is 0 Å². The summed E-state index contributed by atoms with van der Waals surface area (Å²) >= 11 is 0. The number of benzene rings is 1. The number of carbonyl (C=O) groups excluding carboxylic acids is 1. The van der Waals surface area contributed by atoms with E-state index < -0.39 is 0 Å². The van der Waals surface area contributed by atoms with E-state index in [1.165, 1.54) is 18.5 Å². The number of carbonyl (C=O) groups is 1. The van der Waals surface area contributed by atoms with Crippen LogP contribution in [0.5, 0.6) is 0 Å². The maximum atomic E-state index is 13.0. The first-order chi connectivity index (χ1) is 13.0. The van der Waals surface area contributed by atoms with Gasteiger partial charge in [-0.15, -0.1) is 0 Å². The molecule has 3 aromatic rings. The molecule has 0 bridgehead atoms. The first kappa shape index (κ1) is 17.5. The molecule has 3 heterocycles. The highest BCUT2D eigenvalue weighted by atomic mass is 19.1. The Morgan fingerprint density at radius 3 is 2.81 bits per heavy atom. The van der Waals surface area contributed by atoms with Gasteiger partial charge >= 0.3 is 0 Å². The van der Waals surface area contributed by atoms with Crippen molar-refractivity contribution in [3.63, 3.8) is 0 Å². The van der Waals surface area contributed by atoms with Crippen LogP contribution in [-0.4, -0.2) is 29.0 Å². The van der Waals surface area contributed by atoms with E-state index in [1.807, 2.05) is 13.8 Å². The summed E-state index contributed by atoms with van der Waals surface area (Å²) in [7, 11) is 0. The van der Waals surface area contributed by atoms with Crippen LogP contribution in [0.15, 0.2) is 35.0 Å². The van der Waals surface area contributed by atoms with Crippen molar-refractivity contribution in [2.75, 3.05) is 23.3 Å². The maximum absolute atomic E-state index is 13.0. The van der Waals surface area contributed by atoms with Crippen molar-refractivity contribution in [2.45, 2.75) is 26.7 Å². The highest BCUT2D eigenvalue weighted by Gasteiger charge is 2.28. The Morgan fingerprint density at radius 1 is 1.26 bits per heavy atom. The normalized spacial score (nSPS) is 17.3. The Balaban J connectivity index is 1.55. The summed E-state index contributed by atoms with van der Waals surface area (Å²) in [6.45, 7) is 5.31. The van der Waals surface area contributed by atoms with Crippen LogP contribution in [0.3, 0.4) is 0 Å². The van der Waals surface area contributed by atoms with Gasteiger partial charge in [0.1, 0.15) is 23.7 Å². The Labute approximate surface area is 156 Å². The molecule has 1 saturated heterocycles. The van der Waals surface area contributed by atoms with Crippen LogP contribution >= 0.6 is 0 Å². The quantitative estimate of drug-likeness (QED) is 0.761. The smallest absolute Gasteiger partial charge is 0.231 e. The SMILES string of the molecule is Cc1oc2ncnc(N3CCCC(C(=O)Nc4ccc(F)cc4)C3)c2c1C. The number of anilines is 2. The van der Waals surface area contributed by atoms with E-state index in [-0.39, 0.29) is 17.6 Å². The van der Waals surface area contributed by atoms with Crippen molar-refractivity contribution >= 4 is 28.5 Å². The van der Waals surface area contributed by atoms with Crippen LogP contribution in [0.4, 0.5) is 15.9 Å². The topological polar surface area (TPSA) is 71.3 Å². The molecule has 1 aliphatic rings. The number of rotatable bonds is 3. The zero-order valence-corrected chi connectivity index (χ0v) is 15.3. The number of hydrogen-bond donors (Lipinski definition) is 1. The number of fused-ring (bicyclic) bond motifs is 1. The molecule has 1 amide bonds. The molecule has 0 saturated carbocycles. The minimum Gasteiger partial charge on any atom is -0.443 e. The van der Waals surface area contributed by atoms with E-state index in [4.69, 9.17) is 4.42 Å². The second-order valence-corrected chi connectivity index (χ2v) is 6.94. The molecular formula is C20H21FN4O2. The van der Waals surface area contributed by atoms with E-state index >= 15 is 0 Å². The lowest BCUT2D eigenvalue weighted by molar-refractivity contribution is -0.120. The first-order valence-electron chi connectivity index (χ1n) is 9.05. The van der Waals surface area contributed by atoms with Crippen molar-refractivity contribution in [1.82, 2.24) is 9.97 Å². The molecule has 1 atom stereocenters. The summed E-state index contributed by atoms with van der Waals surface area (Å²) in [6.07, 6.45) is 3.20. The number of nitrogens with one attached hydrogen (secondary N) is 1. The van der Waals surface area contributed by atoms with Crippen LogP contribution in [0.25, 0.3) is 11.1 Å². The van der Waals surface area contributed by atoms with Crippen molar-refractivity contribution in [2.24, 2.45) is 5.92 Å². The Kier molecular flexibility index (Phi) is 4.51. The second kappa shape index (κ2) is 6.98. The number of halogens is 1. The van der Waals surface area contributed by atoms with E-state index in [1.54, 1.807) is 12.1 Å². The standard InChI is InChI=1S/C20H21FN4O2/c1-12-13(2)27-20-17(12)18(22-11-23-20)25-9-3-4-14(10-25)19(26)24-16-7-5-15(21)6-8-16/h5-8,11,14H,3-4,9-10H2,1-2H3,(H,24,26). The molecule has 140 valence electrons. The van der Waals surface area contributed by atoms with E-state index in [0.717, 1.165) is 41.9 Å². The van der Waals surface area contributed by atoms with Crippen LogP contribution in [0.2, 0.25) is 0 Å². The predicted molar refractivity (Wildman–Crippen MR) is 101 cm³/mol. The molecule has 1 unspecified atom stereocenters. The average Bonchev–Trinajstić information content (AvgIpc) is 2.98. The van der Waals surface area contributed by atoms with Crippen molar-refractivity contribution in [1.29, 1.82) is 0 Å². The fraction of sp³-hybridized carbons (Fsp3) is 0.350. The van der Waals surface area contributed by atoms with Gasteiger partial charge in [0, 0.05) is 24.3 Å². The average molecular weight is 368 g/mol. The molecule has 1 aliphatic heterocycles. The summed E-state index contributed by atoms with van der Waals surface area (Å²) in [5.74, 6) is 1.09. The summed E-state index contributed by atoms with van der Waals surface area (Å²) < 4.78 is 18.7. The molecule has 0 aliphatic carbocycles. The molecule has 2 aromatic heterocycles. The zero-order chi connectivity index (χ0) is 19.0. The molecule has 1 aromatic carbocycles. The minimum absolute atomic E-state index is 0.0586. The highest BCUT2D eigenvalue weighted by molar-refractivity contribution is 5.94. The van der Waals surface area contributed by atoms with E-state index in [9.17, 15) is 9.18 Å². The van der Waals surface area contributed by atoms with Crippen molar-refractivity contribution in [3.05, 3.63) is 47.7 Å². The van der Waals surface area contributed by atoms with Gasteiger partial charge in [-0.25, -0.2) is 14.4 Å². The zero-order valence-electron chi connectivity index (χ0n) is 15.3. The van der Waals surface area contributed by atoms with Crippen LogP contribution in [-0.2, 0) is 4.79 Å². The van der Waals surface area contributed by atoms with Crippen LogP contribution in [0.1, 0.15) is 24.2 Å². The van der Waals surface area contributed by atoms with Gasteiger partial charge in [-0.2, -0.15) is 0 Å². The third-order valence-corrected chi connectivity index (χ3v) is 5.15. The number of aryl methyl sites for hydroxylation is 2. The van der Waals surface area contributed by atoms with Gasteiger partial charge in [-0.3, -0.25) is 4.79 Å². The third-order valence-electron chi connectivity index (χ3n) is 5.15. The maximum Gasteiger partial charge on any atom is 0.231 e. The molecule has 1 N–H and O–H groups in total. The Morgan fingerprint density at radius 2 is 2.04 bits per heavy atom. The summed E-state index contributed by atoms with van der Waals surface area (Å²) in [5.41, 5.74) is 2.20. The lowest BCUT2D eigenvalue weighted by Gasteiger charge is -2.33. The van der Waals surface area contributed by atoms with E-state index in [2.05, 4.69) is 20.2 Å². The van der Waals surface area contributed by atoms with Crippen LogP contribution < -0.4 is 10.2 Å². The fourth-order valence-electron chi connectivity index (χ4n) is 3.56. The lowest BCUT2D eigenvalue weighted by Crippen LogP contribution is -2.41. The van der Waals surface area contributed by atoms with Crippen LogP contribution in [0, 0.1) is 25.6 Å². The number of furan rings is 1. The number of nitrogens with zero attached hydrogens (tertiary/aromatic N) is 3. The molecule has 27 heavy (non-hydrogen) atoms. The van der Waals surface area contributed by atoms with Crippen molar-refractivity contribution < 1.29 is 13.6 Å². The Hall–Kier alpha value is -2.96. The minimum atomic E-state index is -0.324. The molecular weight excluding hydrogens is 347 g/mol. The predicted octanol–water partition coefficient (Wildman–Crippen LogP) is 3.83. The van der Waals surface area contributed by atoms with Gasteiger partial charge < -0.3 is 14.6 Å². The molecule has 7 heteroatoms. The monoisotopic (exact) mass is 368 g/mol. The van der Waals surface area contributed by atoms with Gasteiger partial charge in [0.15, 0.2) is 0 Å². The second-order valence-electron chi connectivity index (χ2n) is 6.94. The number of aromatic nitrogens is 2. The number of amides is 1. The van der Waals surface area contributed by atoms with Crippen molar-refractivity contribution in [3.8, 4) is 0 Å². The summed E-state index contributed by atoms with van der Waals surface area (Å²) in [4.78, 5) is 23.5. The highest BCUT2D eigenvalue weighted by Crippen LogP contribution is 2.32. The summed E-state index contributed by atoms with van der Waals surface area (Å²) in [5, 5.41) is 3.79. The molecule has 4 rings (SSSR count).